The minimum Gasteiger partial charge on any atom is -0.380 e. The quantitative estimate of drug-likeness (QED) is 0.445. The lowest BCUT2D eigenvalue weighted by molar-refractivity contribution is 0.184. The first-order chi connectivity index (χ1) is 11.8. The predicted octanol–water partition coefficient (Wildman–Crippen LogP) is 3.13. The average molecular weight is 325 g/mol. The van der Waals surface area contributed by atoms with Crippen LogP contribution in [0, 0.1) is 0 Å². The fourth-order valence-electron chi connectivity index (χ4n) is 2.57. The molecule has 2 aromatic carbocycles. The van der Waals surface area contributed by atoms with Crippen LogP contribution in [0.15, 0.2) is 59.6 Å². The maximum atomic E-state index is 5.25. The molecule has 0 saturated carbocycles. The van der Waals surface area contributed by atoms with E-state index in [9.17, 15) is 0 Å². The van der Waals surface area contributed by atoms with Gasteiger partial charge in [-0.2, -0.15) is 0 Å². The number of aliphatic imine (C=N–C) groups is 1. The molecule has 0 bridgehead atoms. The van der Waals surface area contributed by atoms with Crippen molar-refractivity contribution in [1.82, 2.24) is 10.6 Å². The van der Waals surface area contributed by atoms with E-state index in [1.165, 1.54) is 16.7 Å². The van der Waals surface area contributed by atoms with E-state index >= 15 is 0 Å². The Labute approximate surface area is 145 Å². The number of ether oxygens (including phenoxy) is 1. The second-order valence-electron chi connectivity index (χ2n) is 5.64. The number of guanidine groups is 1. The Morgan fingerprint density at radius 1 is 0.958 bits per heavy atom. The monoisotopic (exact) mass is 325 g/mol. The van der Waals surface area contributed by atoms with E-state index in [1.807, 2.05) is 12.1 Å². The highest BCUT2D eigenvalue weighted by Crippen LogP contribution is 2.09. The maximum absolute atomic E-state index is 5.25. The van der Waals surface area contributed by atoms with Crippen LogP contribution in [0.5, 0.6) is 0 Å². The van der Waals surface area contributed by atoms with Crippen LogP contribution >= 0.6 is 0 Å². The van der Waals surface area contributed by atoms with Crippen molar-refractivity contribution in [2.45, 2.75) is 26.0 Å². The van der Waals surface area contributed by atoms with Gasteiger partial charge < -0.3 is 15.4 Å². The highest BCUT2D eigenvalue weighted by molar-refractivity contribution is 5.79. The van der Waals surface area contributed by atoms with Crippen molar-refractivity contribution in [2.75, 3.05) is 20.7 Å². The molecule has 0 atom stereocenters. The summed E-state index contributed by atoms with van der Waals surface area (Å²) in [5, 5.41) is 6.74. The summed E-state index contributed by atoms with van der Waals surface area (Å²) >= 11 is 0. The summed E-state index contributed by atoms with van der Waals surface area (Å²) < 4.78 is 5.25. The van der Waals surface area contributed by atoms with E-state index in [0.29, 0.717) is 6.61 Å². The second-order valence-corrected chi connectivity index (χ2v) is 5.64. The van der Waals surface area contributed by atoms with Crippen LogP contribution in [0.2, 0.25) is 0 Å². The minimum atomic E-state index is 0.626. The zero-order valence-electron chi connectivity index (χ0n) is 14.6. The van der Waals surface area contributed by atoms with Crippen molar-refractivity contribution in [3.8, 4) is 0 Å². The average Bonchev–Trinajstić information content (AvgIpc) is 2.63. The molecule has 128 valence electrons. The fourth-order valence-corrected chi connectivity index (χ4v) is 2.57. The molecule has 0 radical (unpaired) electrons. The van der Waals surface area contributed by atoms with Crippen molar-refractivity contribution in [3.63, 3.8) is 0 Å². The molecule has 2 rings (SSSR count). The molecule has 24 heavy (non-hydrogen) atoms. The molecule has 0 aliphatic carbocycles. The maximum Gasteiger partial charge on any atom is 0.191 e. The normalized spacial score (nSPS) is 11.3. The molecule has 0 aromatic heterocycles. The van der Waals surface area contributed by atoms with Crippen molar-refractivity contribution >= 4 is 5.96 Å². The first-order valence-corrected chi connectivity index (χ1v) is 8.37. The summed E-state index contributed by atoms with van der Waals surface area (Å²) in [6.07, 6.45) is 2.15. The van der Waals surface area contributed by atoms with E-state index in [1.54, 1.807) is 14.2 Å². The molecule has 4 nitrogen and oxygen atoms in total. The Bertz CT molecular complexity index is 626. The van der Waals surface area contributed by atoms with Gasteiger partial charge in [-0.3, -0.25) is 4.99 Å². The molecule has 2 N–H and O–H groups in total. The molecule has 0 aliphatic heterocycles. The number of nitrogens with one attached hydrogen (secondary N) is 2. The lowest BCUT2D eigenvalue weighted by atomic mass is 10.1. The molecule has 0 saturated heterocycles. The molecule has 0 aliphatic rings. The molecular formula is C20H27N3O. The second kappa shape index (κ2) is 10.4. The predicted molar refractivity (Wildman–Crippen MR) is 100 cm³/mol. The van der Waals surface area contributed by atoms with Gasteiger partial charge >= 0.3 is 0 Å². The summed E-state index contributed by atoms with van der Waals surface area (Å²) in [6.45, 7) is 2.26. The smallest absolute Gasteiger partial charge is 0.191 e. The minimum absolute atomic E-state index is 0.626. The highest BCUT2D eigenvalue weighted by Gasteiger charge is 2.03. The number of hydrogen-bond acceptors (Lipinski definition) is 2. The number of hydrogen-bond donors (Lipinski definition) is 2. The Balaban J connectivity index is 1.74. The first-order valence-electron chi connectivity index (χ1n) is 8.37. The third kappa shape index (κ3) is 6.05. The van der Waals surface area contributed by atoms with Crippen LogP contribution in [-0.2, 0) is 24.3 Å². The molecular weight excluding hydrogens is 298 g/mol. The van der Waals surface area contributed by atoms with Gasteiger partial charge in [0.1, 0.15) is 0 Å². The molecule has 0 unspecified atom stereocenters. The summed E-state index contributed by atoms with van der Waals surface area (Å²) in [5.41, 5.74) is 3.80. The number of aryl methyl sites for hydroxylation is 1. The van der Waals surface area contributed by atoms with Crippen LogP contribution in [0.25, 0.3) is 0 Å². The number of methoxy groups -OCH3 is 1. The largest absolute Gasteiger partial charge is 0.380 e. The molecule has 0 amide bonds. The third-order valence-corrected chi connectivity index (χ3v) is 3.87. The van der Waals surface area contributed by atoms with E-state index < -0.39 is 0 Å². The van der Waals surface area contributed by atoms with Crippen molar-refractivity contribution < 1.29 is 4.74 Å². The third-order valence-electron chi connectivity index (χ3n) is 3.87. The summed E-state index contributed by atoms with van der Waals surface area (Å²) in [6, 6.07) is 18.8. The number of rotatable bonds is 8. The Morgan fingerprint density at radius 2 is 1.67 bits per heavy atom. The van der Waals surface area contributed by atoms with Gasteiger partial charge in [0.05, 0.1) is 6.61 Å². The van der Waals surface area contributed by atoms with Crippen LogP contribution < -0.4 is 10.6 Å². The summed E-state index contributed by atoms with van der Waals surface area (Å²) in [4.78, 5) is 4.29. The summed E-state index contributed by atoms with van der Waals surface area (Å²) in [5.74, 6) is 0.829. The molecule has 4 heteroatoms. The van der Waals surface area contributed by atoms with Crippen LogP contribution in [0.1, 0.15) is 23.1 Å². The van der Waals surface area contributed by atoms with Gasteiger partial charge in [0, 0.05) is 27.2 Å². The lowest BCUT2D eigenvalue weighted by Gasteiger charge is -2.14. The number of benzene rings is 2. The van der Waals surface area contributed by atoms with E-state index in [2.05, 4.69) is 58.1 Å². The fraction of sp³-hybridized carbons (Fsp3) is 0.350. The van der Waals surface area contributed by atoms with Gasteiger partial charge in [-0.05, 0) is 29.5 Å². The zero-order valence-corrected chi connectivity index (χ0v) is 14.6. The standard InChI is InChI=1S/C20H27N3O/c1-21-20(22-14-8-11-17-9-4-3-5-10-17)23-15-18-12-6-7-13-19(18)16-24-2/h3-7,9-10,12-13H,8,11,14-16H2,1-2H3,(H2,21,22,23). The zero-order chi connectivity index (χ0) is 17.0. The Kier molecular flexibility index (Phi) is 7.84. The van der Waals surface area contributed by atoms with Gasteiger partial charge in [-0.1, -0.05) is 54.6 Å². The van der Waals surface area contributed by atoms with E-state index in [4.69, 9.17) is 4.74 Å². The van der Waals surface area contributed by atoms with Crippen molar-refractivity contribution in [1.29, 1.82) is 0 Å². The van der Waals surface area contributed by atoms with Crippen LogP contribution in [-0.4, -0.2) is 26.7 Å². The van der Waals surface area contributed by atoms with Gasteiger partial charge in [0.15, 0.2) is 5.96 Å². The van der Waals surface area contributed by atoms with Gasteiger partial charge in [-0.25, -0.2) is 0 Å². The first kappa shape index (κ1) is 18.0. The van der Waals surface area contributed by atoms with E-state index in [0.717, 1.165) is 31.9 Å². The van der Waals surface area contributed by atoms with Crippen LogP contribution in [0.3, 0.4) is 0 Å². The molecule has 0 heterocycles. The SMILES string of the molecule is CN=C(NCCCc1ccccc1)NCc1ccccc1COC. The topological polar surface area (TPSA) is 45.7 Å². The Hall–Kier alpha value is -2.33. The Morgan fingerprint density at radius 3 is 2.38 bits per heavy atom. The number of nitrogens with zero attached hydrogens (tertiary/aromatic N) is 1. The van der Waals surface area contributed by atoms with Gasteiger partial charge in [0.25, 0.3) is 0 Å². The van der Waals surface area contributed by atoms with Crippen molar-refractivity contribution in [2.24, 2.45) is 4.99 Å². The van der Waals surface area contributed by atoms with Gasteiger partial charge in [0.2, 0.25) is 0 Å². The van der Waals surface area contributed by atoms with Crippen LogP contribution in [0.4, 0.5) is 0 Å². The van der Waals surface area contributed by atoms with E-state index in [-0.39, 0.29) is 0 Å². The lowest BCUT2D eigenvalue weighted by Crippen LogP contribution is -2.37. The molecule has 0 fully saturated rings. The highest BCUT2D eigenvalue weighted by atomic mass is 16.5. The van der Waals surface area contributed by atoms with Gasteiger partial charge in [-0.15, -0.1) is 0 Å². The summed E-state index contributed by atoms with van der Waals surface area (Å²) in [7, 11) is 3.52. The van der Waals surface area contributed by atoms with Crippen molar-refractivity contribution in [3.05, 3.63) is 71.3 Å². The molecule has 2 aromatic rings. The molecule has 0 spiro atoms.